The number of hydrogen-bond donors (Lipinski definition) is 6. The third kappa shape index (κ3) is 2.61. The van der Waals surface area contributed by atoms with E-state index >= 15 is 0 Å². The minimum atomic E-state index is -2.49. The maximum absolute atomic E-state index is 13.2. The number of aliphatic imine (C=N–C) groups is 1. The molecular weight excluding hydrogens is 424 g/mol. The fraction of sp³-hybridized carbons (Fsp3) is 0.550. The van der Waals surface area contributed by atoms with Gasteiger partial charge >= 0.3 is 11.9 Å². The van der Waals surface area contributed by atoms with Crippen LogP contribution in [0.25, 0.3) is 0 Å². The summed E-state index contributed by atoms with van der Waals surface area (Å²) in [6, 6.07) is 6.12. The van der Waals surface area contributed by atoms with Gasteiger partial charge in [-0.2, -0.15) is 0 Å². The summed E-state index contributed by atoms with van der Waals surface area (Å²) in [5.74, 6) is -2.69. The third-order valence-corrected chi connectivity index (χ3v) is 7.29. The predicted octanol–water partition coefficient (Wildman–Crippen LogP) is -1.33. The van der Waals surface area contributed by atoms with Crippen LogP contribution >= 0.6 is 11.6 Å². The van der Waals surface area contributed by atoms with Gasteiger partial charge < -0.3 is 26.0 Å². The standard InChI is InChI=1S/C20H25ClN6O4/c1-2-12-14-19(26-16(22)25-14)20(29,30)13(9-27(19)17(23)24-12)31-15(28)18(7-8-18)10-3-5-11(21)6-4-10/h3-6,12-14,29-30H,2,7-9H2,1H3,(H5,22,23,24,25,26)/p+1/t12-,13-,14-,19-/m0/s1. The molecule has 3 heterocycles. The lowest BCUT2D eigenvalue weighted by Crippen LogP contribution is -2.78. The molecular formula is C20H26ClN6O4+. The molecule has 31 heavy (non-hydrogen) atoms. The monoisotopic (exact) mass is 449 g/mol. The predicted molar refractivity (Wildman–Crippen MR) is 112 cm³/mol. The molecule has 1 spiro atoms. The first-order valence-corrected chi connectivity index (χ1v) is 10.7. The summed E-state index contributed by atoms with van der Waals surface area (Å²) < 4.78 is 7.29. The largest absolute Gasteiger partial charge is 0.452 e. The Kier molecular flexibility index (Phi) is 4.25. The van der Waals surface area contributed by atoms with Gasteiger partial charge in [0, 0.05) is 5.02 Å². The van der Waals surface area contributed by atoms with Gasteiger partial charge in [-0.3, -0.25) is 15.8 Å². The minimum Gasteiger partial charge on any atom is -0.452 e. The molecule has 0 bridgehead atoms. The minimum absolute atomic E-state index is 0.0307. The van der Waals surface area contributed by atoms with Gasteiger partial charge in [-0.25, -0.2) is 9.57 Å². The molecule has 0 amide bonds. The molecule has 11 heteroatoms. The van der Waals surface area contributed by atoms with Crippen molar-refractivity contribution in [2.24, 2.45) is 16.5 Å². The van der Waals surface area contributed by atoms with Crippen LogP contribution in [0.3, 0.4) is 0 Å². The van der Waals surface area contributed by atoms with Crippen molar-refractivity contribution in [3.63, 3.8) is 0 Å². The molecule has 4 aliphatic rings. The number of rotatable bonds is 4. The van der Waals surface area contributed by atoms with E-state index < -0.39 is 35.0 Å². The summed E-state index contributed by atoms with van der Waals surface area (Å²) >= 11 is 5.97. The number of hydrogen-bond acceptors (Lipinski definition) is 9. The van der Waals surface area contributed by atoms with Crippen molar-refractivity contribution in [3.8, 4) is 0 Å². The second kappa shape index (κ2) is 6.47. The Hall–Kier alpha value is -2.56. The van der Waals surface area contributed by atoms with E-state index in [0.717, 1.165) is 5.56 Å². The number of nitrogens with two attached hydrogens (primary N) is 2. The summed E-state index contributed by atoms with van der Waals surface area (Å²) in [4.78, 5) is 17.6. The average Bonchev–Trinajstić information content (AvgIpc) is 3.40. The Bertz CT molecular complexity index is 1010. The van der Waals surface area contributed by atoms with E-state index in [0.29, 0.717) is 24.3 Å². The molecule has 8 N–H and O–H groups in total. The van der Waals surface area contributed by atoms with Gasteiger partial charge in [0.2, 0.25) is 5.66 Å². The first-order valence-electron chi connectivity index (χ1n) is 10.4. The van der Waals surface area contributed by atoms with Crippen molar-refractivity contribution in [1.29, 1.82) is 0 Å². The van der Waals surface area contributed by atoms with Gasteiger partial charge in [0.1, 0.15) is 18.6 Å². The van der Waals surface area contributed by atoms with Gasteiger partial charge in [0.25, 0.3) is 5.79 Å². The second-order valence-corrected chi connectivity index (χ2v) is 9.15. The summed E-state index contributed by atoms with van der Waals surface area (Å²) in [5.41, 5.74) is 10.6. The molecule has 1 saturated carbocycles. The van der Waals surface area contributed by atoms with Crippen LogP contribution in [0.5, 0.6) is 0 Å². The zero-order chi connectivity index (χ0) is 22.2. The Morgan fingerprint density at radius 2 is 2.00 bits per heavy atom. The Balaban J connectivity index is 1.47. The lowest BCUT2D eigenvalue weighted by atomic mass is 9.85. The smallest absolute Gasteiger partial charge is 0.346 e. The van der Waals surface area contributed by atoms with Gasteiger partial charge in [0.15, 0.2) is 12.1 Å². The van der Waals surface area contributed by atoms with E-state index in [2.05, 4.69) is 15.6 Å². The normalized spacial score (nSPS) is 34.2. The van der Waals surface area contributed by atoms with Gasteiger partial charge in [-0.1, -0.05) is 30.7 Å². The highest BCUT2D eigenvalue weighted by molar-refractivity contribution is 6.30. The molecule has 0 radical (unpaired) electrons. The number of ether oxygens (including phenoxy) is 1. The van der Waals surface area contributed by atoms with Gasteiger partial charge in [0.05, 0.1) is 5.41 Å². The zero-order valence-corrected chi connectivity index (χ0v) is 17.8. The quantitative estimate of drug-likeness (QED) is 0.187. The number of aliphatic hydroxyl groups is 2. The SMILES string of the molecule is CC[C@@H]1NC(N)=[N+]2C[C@H](OC(=O)C3(c4ccc(Cl)cc4)CC3)C(O)(O)[C@@]23NC(N)=N[C@@H]13. The number of carbonyl (C=O) groups is 1. The zero-order valence-electron chi connectivity index (χ0n) is 17.0. The lowest BCUT2D eigenvalue weighted by molar-refractivity contribution is -0.623. The van der Waals surface area contributed by atoms with Crippen LogP contribution in [0.15, 0.2) is 29.3 Å². The average molecular weight is 450 g/mol. The van der Waals surface area contributed by atoms with Crippen LogP contribution in [0.4, 0.5) is 0 Å². The number of esters is 1. The van der Waals surface area contributed by atoms with Crippen LogP contribution in [-0.4, -0.2) is 68.9 Å². The number of carbonyl (C=O) groups excluding carboxylic acids is 1. The van der Waals surface area contributed by atoms with Crippen molar-refractivity contribution >= 4 is 29.5 Å². The van der Waals surface area contributed by atoms with Gasteiger partial charge in [-0.15, -0.1) is 0 Å². The summed E-state index contributed by atoms with van der Waals surface area (Å²) in [7, 11) is 0. The highest BCUT2D eigenvalue weighted by atomic mass is 35.5. The van der Waals surface area contributed by atoms with Crippen molar-refractivity contribution in [1.82, 2.24) is 10.6 Å². The second-order valence-electron chi connectivity index (χ2n) is 8.71. The van der Waals surface area contributed by atoms with Crippen molar-refractivity contribution in [2.75, 3.05) is 6.54 Å². The molecule has 0 unspecified atom stereocenters. The molecule has 1 aliphatic carbocycles. The number of halogens is 1. The number of benzene rings is 1. The van der Waals surface area contributed by atoms with Crippen molar-refractivity contribution in [2.45, 2.75) is 61.2 Å². The topological polar surface area (TPSA) is 158 Å². The Morgan fingerprint density at radius 3 is 2.61 bits per heavy atom. The Morgan fingerprint density at radius 1 is 1.32 bits per heavy atom. The van der Waals surface area contributed by atoms with Crippen LogP contribution in [0.1, 0.15) is 31.7 Å². The van der Waals surface area contributed by atoms with E-state index in [-0.39, 0.29) is 24.5 Å². The first kappa shape index (κ1) is 20.3. The fourth-order valence-corrected chi connectivity index (χ4v) is 5.30. The van der Waals surface area contributed by atoms with Crippen molar-refractivity contribution in [3.05, 3.63) is 34.9 Å². The van der Waals surface area contributed by atoms with E-state index in [1.165, 1.54) is 0 Å². The number of nitrogens with zero attached hydrogens (tertiary/aromatic N) is 2. The Labute approximate surface area is 183 Å². The van der Waals surface area contributed by atoms with Crippen LogP contribution in [0.2, 0.25) is 5.02 Å². The molecule has 3 aliphatic heterocycles. The highest BCUT2D eigenvalue weighted by Gasteiger charge is 2.76. The highest BCUT2D eigenvalue weighted by Crippen LogP contribution is 2.51. The third-order valence-electron chi connectivity index (χ3n) is 7.04. The molecule has 1 aromatic rings. The van der Waals surface area contributed by atoms with Crippen LogP contribution < -0.4 is 22.1 Å². The van der Waals surface area contributed by atoms with Crippen LogP contribution in [0, 0.1) is 0 Å². The molecule has 166 valence electrons. The molecule has 4 atom stereocenters. The number of nitrogens with one attached hydrogen (secondary N) is 2. The van der Waals surface area contributed by atoms with Crippen LogP contribution in [-0.2, 0) is 14.9 Å². The van der Waals surface area contributed by atoms with E-state index in [9.17, 15) is 15.0 Å². The molecule has 5 rings (SSSR count). The lowest BCUT2D eigenvalue weighted by Gasteiger charge is -2.43. The molecule has 2 fully saturated rings. The molecule has 10 nitrogen and oxygen atoms in total. The summed E-state index contributed by atoms with van der Waals surface area (Å²) in [6.07, 6.45) is 0.587. The van der Waals surface area contributed by atoms with E-state index in [4.69, 9.17) is 27.8 Å². The van der Waals surface area contributed by atoms with E-state index in [1.54, 1.807) is 28.8 Å². The molecule has 1 aromatic carbocycles. The van der Waals surface area contributed by atoms with Gasteiger partial charge in [-0.05, 0) is 37.0 Å². The van der Waals surface area contributed by atoms with Crippen molar-refractivity contribution < 1.29 is 24.3 Å². The number of guanidine groups is 2. The maximum Gasteiger partial charge on any atom is 0.346 e. The van der Waals surface area contributed by atoms with E-state index in [1.807, 2.05) is 6.92 Å². The molecule has 0 aromatic heterocycles. The summed E-state index contributed by atoms with van der Waals surface area (Å²) in [6.45, 7) is 1.90. The molecule has 1 saturated heterocycles. The summed E-state index contributed by atoms with van der Waals surface area (Å²) in [5, 5.41) is 29.3. The fourth-order valence-electron chi connectivity index (χ4n) is 5.17. The first-order chi connectivity index (χ1) is 14.7. The maximum atomic E-state index is 13.2.